The van der Waals surface area contributed by atoms with Gasteiger partial charge in [-0.05, 0) is 38.0 Å². The van der Waals surface area contributed by atoms with Crippen molar-refractivity contribution in [1.82, 2.24) is 5.32 Å². The normalized spacial score (nSPS) is 18.0. The standard InChI is InChI=1S/C15H21ClN2O/c1-11(17-13-7-3-2-4-8-13)15(19)18-14-9-5-6-12(16)10-14/h5-6,9-11,13,17H,2-4,7-8H2,1H3,(H,18,19)/t11-/m1/s1. The molecule has 104 valence electrons. The van der Waals surface area contributed by atoms with Gasteiger partial charge in [0.1, 0.15) is 0 Å². The summed E-state index contributed by atoms with van der Waals surface area (Å²) in [4.78, 5) is 12.1. The average molecular weight is 281 g/mol. The zero-order chi connectivity index (χ0) is 13.7. The highest BCUT2D eigenvalue weighted by Crippen LogP contribution is 2.18. The van der Waals surface area contributed by atoms with Crippen molar-refractivity contribution in [2.75, 3.05) is 5.32 Å². The number of amides is 1. The van der Waals surface area contributed by atoms with Gasteiger partial charge >= 0.3 is 0 Å². The summed E-state index contributed by atoms with van der Waals surface area (Å²) < 4.78 is 0. The molecule has 1 amide bonds. The first-order valence-electron chi connectivity index (χ1n) is 6.97. The summed E-state index contributed by atoms with van der Waals surface area (Å²) in [6, 6.07) is 7.53. The molecule has 2 rings (SSSR count). The lowest BCUT2D eigenvalue weighted by molar-refractivity contribution is -0.118. The number of hydrogen-bond donors (Lipinski definition) is 2. The Morgan fingerprint density at radius 2 is 2.05 bits per heavy atom. The van der Waals surface area contributed by atoms with Gasteiger partial charge in [0.15, 0.2) is 0 Å². The number of halogens is 1. The Bertz CT molecular complexity index is 430. The molecule has 4 heteroatoms. The molecule has 0 spiro atoms. The summed E-state index contributed by atoms with van der Waals surface area (Å²) in [6.07, 6.45) is 6.20. The Kier molecular flexibility index (Phi) is 5.23. The van der Waals surface area contributed by atoms with Gasteiger partial charge in [-0.15, -0.1) is 0 Å². The van der Waals surface area contributed by atoms with Crippen LogP contribution in [0, 0.1) is 0 Å². The minimum Gasteiger partial charge on any atom is -0.325 e. The highest BCUT2D eigenvalue weighted by atomic mass is 35.5. The van der Waals surface area contributed by atoms with Crippen LogP contribution in [-0.2, 0) is 4.79 Å². The molecule has 1 aromatic carbocycles. The van der Waals surface area contributed by atoms with Gasteiger partial charge < -0.3 is 10.6 Å². The summed E-state index contributed by atoms with van der Waals surface area (Å²) in [5.74, 6) is -0.00663. The Morgan fingerprint density at radius 1 is 1.32 bits per heavy atom. The van der Waals surface area contributed by atoms with Gasteiger partial charge in [0.2, 0.25) is 5.91 Å². The molecule has 19 heavy (non-hydrogen) atoms. The zero-order valence-electron chi connectivity index (χ0n) is 11.3. The molecule has 1 fully saturated rings. The van der Waals surface area contributed by atoms with Crippen molar-refractivity contribution in [2.24, 2.45) is 0 Å². The van der Waals surface area contributed by atoms with Crippen LogP contribution in [0.5, 0.6) is 0 Å². The molecule has 1 aliphatic carbocycles. The van der Waals surface area contributed by atoms with Crippen molar-refractivity contribution in [3.8, 4) is 0 Å². The second-order valence-electron chi connectivity index (χ2n) is 5.22. The van der Waals surface area contributed by atoms with Gasteiger partial charge in [-0.25, -0.2) is 0 Å². The maximum atomic E-state index is 12.1. The van der Waals surface area contributed by atoms with Gasteiger partial charge in [0.05, 0.1) is 6.04 Å². The van der Waals surface area contributed by atoms with E-state index in [0.717, 1.165) is 5.69 Å². The predicted molar refractivity (Wildman–Crippen MR) is 79.6 cm³/mol. The summed E-state index contributed by atoms with van der Waals surface area (Å²) >= 11 is 5.90. The molecule has 0 aromatic heterocycles. The largest absolute Gasteiger partial charge is 0.325 e. The molecule has 1 saturated carbocycles. The molecular formula is C15H21ClN2O. The van der Waals surface area contributed by atoms with Gasteiger partial charge in [-0.2, -0.15) is 0 Å². The van der Waals surface area contributed by atoms with Crippen LogP contribution >= 0.6 is 11.6 Å². The first-order chi connectivity index (χ1) is 9.15. The Morgan fingerprint density at radius 3 is 2.74 bits per heavy atom. The molecule has 0 radical (unpaired) electrons. The third-order valence-corrected chi connectivity index (χ3v) is 3.81. The third kappa shape index (κ3) is 4.51. The van der Waals surface area contributed by atoms with Crippen molar-refractivity contribution < 1.29 is 4.79 Å². The van der Waals surface area contributed by atoms with Crippen molar-refractivity contribution >= 4 is 23.2 Å². The lowest BCUT2D eigenvalue weighted by Crippen LogP contribution is -2.44. The highest BCUT2D eigenvalue weighted by Gasteiger charge is 2.19. The van der Waals surface area contributed by atoms with Gasteiger partial charge in [0.25, 0.3) is 0 Å². The molecule has 2 N–H and O–H groups in total. The van der Waals surface area contributed by atoms with Crippen LogP contribution in [0.2, 0.25) is 5.02 Å². The third-order valence-electron chi connectivity index (χ3n) is 3.58. The fraction of sp³-hybridized carbons (Fsp3) is 0.533. The van der Waals surface area contributed by atoms with E-state index in [1.54, 1.807) is 12.1 Å². The SMILES string of the molecule is C[C@@H](NC1CCCCC1)C(=O)Nc1cccc(Cl)c1. The summed E-state index contributed by atoms with van der Waals surface area (Å²) in [7, 11) is 0. The number of hydrogen-bond acceptors (Lipinski definition) is 2. The fourth-order valence-corrected chi connectivity index (χ4v) is 2.71. The monoisotopic (exact) mass is 280 g/mol. The number of nitrogens with one attached hydrogen (secondary N) is 2. The molecule has 0 bridgehead atoms. The Balaban J connectivity index is 1.84. The second-order valence-corrected chi connectivity index (χ2v) is 5.66. The minimum atomic E-state index is -0.179. The highest BCUT2D eigenvalue weighted by molar-refractivity contribution is 6.30. The van der Waals surface area contributed by atoms with E-state index in [1.165, 1.54) is 32.1 Å². The number of anilines is 1. The molecular weight excluding hydrogens is 260 g/mol. The molecule has 1 atom stereocenters. The first kappa shape index (κ1) is 14.4. The smallest absolute Gasteiger partial charge is 0.241 e. The maximum Gasteiger partial charge on any atom is 0.241 e. The molecule has 0 heterocycles. The predicted octanol–water partition coefficient (Wildman–Crippen LogP) is 3.59. The molecule has 0 aliphatic heterocycles. The first-order valence-corrected chi connectivity index (χ1v) is 7.35. The van der Waals surface area contributed by atoms with Crippen molar-refractivity contribution in [3.05, 3.63) is 29.3 Å². The molecule has 0 unspecified atom stereocenters. The van der Waals surface area contributed by atoms with E-state index in [2.05, 4.69) is 10.6 Å². The van der Waals surface area contributed by atoms with Crippen LogP contribution < -0.4 is 10.6 Å². The maximum absolute atomic E-state index is 12.1. The van der Waals surface area contributed by atoms with Gasteiger partial charge in [-0.1, -0.05) is 36.9 Å². The van der Waals surface area contributed by atoms with E-state index in [-0.39, 0.29) is 11.9 Å². The second kappa shape index (κ2) is 6.92. The van der Waals surface area contributed by atoms with Crippen molar-refractivity contribution in [3.63, 3.8) is 0 Å². The van der Waals surface area contributed by atoms with Crippen LogP contribution in [0.3, 0.4) is 0 Å². The lowest BCUT2D eigenvalue weighted by Gasteiger charge is -2.26. The van der Waals surface area contributed by atoms with Crippen LogP contribution in [0.25, 0.3) is 0 Å². The number of carbonyl (C=O) groups is 1. The fourth-order valence-electron chi connectivity index (χ4n) is 2.52. The van der Waals surface area contributed by atoms with E-state index in [1.807, 2.05) is 19.1 Å². The molecule has 1 aromatic rings. The van der Waals surface area contributed by atoms with E-state index in [4.69, 9.17) is 11.6 Å². The summed E-state index contributed by atoms with van der Waals surface area (Å²) in [6.45, 7) is 1.91. The average Bonchev–Trinajstić information content (AvgIpc) is 2.40. The van der Waals surface area contributed by atoms with Crippen molar-refractivity contribution in [1.29, 1.82) is 0 Å². The quantitative estimate of drug-likeness (QED) is 0.885. The summed E-state index contributed by atoms with van der Waals surface area (Å²) in [5.41, 5.74) is 0.745. The lowest BCUT2D eigenvalue weighted by atomic mass is 9.95. The molecule has 0 saturated heterocycles. The van der Waals surface area contributed by atoms with E-state index in [9.17, 15) is 4.79 Å². The van der Waals surface area contributed by atoms with Gasteiger partial charge in [0, 0.05) is 16.8 Å². The van der Waals surface area contributed by atoms with Crippen LogP contribution in [0.1, 0.15) is 39.0 Å². The van der Waals surface area contributed by atoms with E-state index >= 15 is 0 Å². The van der Waals surface area contributed by atoms with Crippen LogP contribution in [0.4, 0.5) is 5.69 Å². The number of benzene rings is 1. The molecule has 3 nitrogen and oxygen atoms in total. The summed E-state index contributed by atoms with van der Waals surface area (Å²) in [5, 5.41) is 6.92. The van der Waals surface area contributed by atoms with E-state index < -0.39 is 0 Å². The Hall–Kier alpha value is -1.06. The Labute approximate surface area is 119 Å². The number of carbonyl (C=O) groups excluding carboxylic acids is 1. The number of rotatable bonds is 4. The zero-order valence-corrected chi connectivity index (χ0v) is 12.0. The van der Waals surface area contributed by atoms with E-state index in [0.29, 0.717) is 11.1 Å². The van der Waals surface area contributed by atoms with Crippen LogP contribution in [0.15, 0.2) is 24.3 Å². The topological polar surface area (TPSA) is 41.1 Å². The van der Waals surface area contributed by atoms with Gasteiger partial charge in [-0.3, -0.25) is 4.79 Å². The minimum absolute atomic E-state index is 0.00663. The van der Waals surface area contributed by atoms with Crippen molar-refractivity contribution in [2.45, 2.75) is 51.1 Å². The molecule has 1 aliphatic rings. The van der Waals surface area contributed by atoms with Crippen LogP contribution in [-0.4, -0.2) is 18.0 Å².